The molecule has 0 spiro atoms. The number of rotatable bonds is 10. The molecule has 2 aromatic carbocycles. The number of hydrogen-bond donors (Lipinski definition) is 0. The molecular weight excluding hydrogens is 436 g/mol. The summed E-state index contributed by atoms with van der Waals surface area (Å²) in [4.78, 5) is 4.74. The van der Waals surface area contributed by atoms with E-state index in [1.807, 2.05) is 18.2 Å². The van der Waals surface area contributed by atoms with Gasteiger partial charge in [-0.2, -0.15) is 17.6 Å². The third kappa shape index (κ3) is 4.87. The van der Waals surface area contributed by atoms with Crippen LogP contribution < -0.4 is 9.80 Å². The van der Waals surface area contributed by atoms with Crippen molar-refractivity contribution in [2.45, 2.75) is 50.5 Å². The van der Waals surface area contributed by atoms with Crippen molar-refractivity contribution in [1.29, 1.82) is 0 Å². The molecule has 7 nitrogen and oxygen atoms in total. The highest BCUT2D eigenvalue weighted by molar-refractivity contribution is 7.90. The van der Waals surface area contributed by atoms with Crippen molar-refractivity contribution >= 4 is 32.3 Å². The molecule has 0 N–H and O–H groups in total. The van der Waals surface area contributed by atoms with E-state index in [2.05, 4.69) is 34.8 Å². The highest BCUT2D eigenvalue weighted by Gasteiger charge is 2.25. The van der Waals surface area contributed by atoms with Crippen LogP contribution in [0.4, 0.5) is 11.4 Å². The van der Waals surface area contributed by atoms with Gasteiger partial charge in [-0.1, -0.05) is 26.3 Å². The minimum Gasteiger partial charge on any atom is -0.380 e. The Labute approximate surface area is 197 Å². The molecule has 8 heteroatoms. The molecule has 1 fully saturated rings. The summed E-state index contributed by atoms with van der Waals surface area (Å²) in [7, 11) is -2.12. The third-order valence-corrected chi connectivity index (χ3v) is 7.94. The van der Waals surface area contributed by atoms with Crippen LogP contribution in [0.15, 0.2) is 53.6 Å². The van der Waals surface area contributed by atoms with Gasteiger partial charge in [0.1, 0.15) is 0 Å². The number of nitrogens with zero attached hydrogens (tertiary/aromatic N) is 4. The van der Waals surface area contributed by atoms with E-state index in [0.29, 0.717) is 5.52 Å². The fourth-order valence-corrected chi connectivity index (χ4v) is 5.76. The molecular formula is C25H34N4O3S. The van der Waals surface area contributed by atoms with Crippen LogP contribution >= 0.6 is 0 Å². The number of benzene rings is 2. The van der Waals surface area contributed by atoms with Gasteiger partial charge in [0, 0.05) is 50.0 Å². The number of anilines is 2. The van der Waals surface area contributed by atoms with Gasteiger partial charge in [0.2, 0.25) is 0 Å². The van der Waals surface area contributed by atoms with Crippen molar-refractivity contribution in [3.05, 3.63) is 48.7 Å². The molecule has 0 aliphatic carbocycles. The Morgan fingerprint density at radius 1 is 1.12 bits per heavy atom. The van der Waals surface area contributed by atoms with Crippen LogP contribution in [0.5, 0.6) is 0 Å². The number of unbranched alkanes of at least 4 members (excludes halogenated alkanes) is 1. The van der Waals surface area contributed by atoms with Crippen molar-refractivity contribution in [3.63, 3.8) is 0 Å². The summed E-state index contributed by atoms with van der Waals surface area (Å²) in [6.07, 6.45) is 5.99. The monoisotopic (exact) mass is 470 g/mol. The number of ether oxygens (including phenoxy) is 1. The van der Waals surface area contributed by atoms with Crippen LogP contribution in [-0.4, -0.2) is 57.0 Å². The second-order valence-corrected chi connectivity index (χ2v) is 10.4. The molecule has 1 unspecified atom stereocenters. The first-order valence-electron chi connectivity index (χ1n) is 11.8. The average molecular weight is 471 g/mol. The van der Waals surface area contributed by atoms with Crippen molar-refractivity contribution in [1.82, 2.24) is 9.19 Å². The van der Waals surface area contributed by atoms with Crippen LogP contribution in [-0.2, 0) is 14.8 Å². The first kappa shape index (κ1) is 23.6. The van der Waals surface area contributed by atoms with E-state index >= 15 is 0 Å². The summed E-state index contributed by atoms with van der Waals surface area (Å²) >= 11 is 0. The third-order valence-electron chi connectivity index (χ3n) is 6.35. The van der Waals surface area contributed by atoms with Gasteiger partial charge in [0.05, 0.1) is 22.7 Å². The van der Waals surface area contributed by atoms with E-state index in [4.69, 9.17) is 4.74 Å². The predicted octanol–water partition coefficient (Wildman–Crippen LogP) is 4.51. The van der Waals surface area contributed by atoms with Gasteiger partial charge in [0.15, 0.2) is 0 Å². The highest BCUT2D eigenvalue weighted by atomic mass is 32.2. The summed E-state index contributed by atoms with van der Waals surface area (Å²) in [6.45, 7) is 7.85. The Balaban J connectivity index is 1.69. The Hall–Kier alpha value is -2.58. The summed E-state index contributed by atoms with van der Waals surface area (Å²) in [6, 6.07) is 13.1. The first-order chi connectivity index (χ1) is 16.0. The van der Waals surface area contributed by atoms with E-state index in [1.54, 1.807) is 31.5 Å². The maximum Gasteiger partial charge on any atom is 0.283 e. The molecule has 1 aliphatic heterocycles. The van der Waals surface area contributed by atoms with Crippen molar-refractivity contribution in [2.75, 3.05) is 43.1 Å². The molecule has 1 atom stereocenters. The van der Waals surface area contributed by atoms with E-state index in [1.165, 1.54) is 4.09 Å². The van der Waals surface area contributed by atoms with E-state index in [0.717, 1.165) is 68.6 Å². The molecule has 0 saturated carbocycles. The lowest BCUT2D eigenvalue weighted by atomic mass is 10.2. The number of hydrogen-bond acceptors (Lipinski definition) is 6. The fourth-order valence-electron chi connectivity index (χ4n) is 4.46. The van der Waals surface area contributed by atoms with Gasteiger partial charge < -0.3 is 14.5 Å². The van der Waals surface area contributed by atoms with Gasteiger partial charge in [-0.15, -0.1) is 0 Å². The molecule has 33 heavy (non-hydrogen) atoms. The Morgan fingerprint density at radius 2 is 1.97 bits per heavy atom. The smallest absolute Gasteiger partial charge is 0.283 e. The first-order valence-corrected chi connectivity index (χ1v) is 13.3. The van der Waals surface area contributed by atoms with Gasteiger partial charge in [-0.05, 0) is 55.7 Å². The largest absolute Gasteiger partial charge is 0.380 e. The molecule has 2 heterocycles. The Kier molecular flexibility index (Phi) is 7.24. The van der Waals surface area contributed by atoms with Gasteiger partial charge in [-0.3, -0.25) is 0 Å². The molecule has 0 radical (unpaired) electrons. The maximum atomic E-state index is 13.6. The van der Waals surface area contributed by atoms with E-state index in [-0.39, 0.29) is 11.0 Å². The number of fused-ring (bicyclic) bond motifs is 1. The predicted molar refractivity (Wildman–Crippen MR) is 134 cm³/mol. The summed E-state index contributed by atoms with van der Waals surface area (Å²) in [5, 5.41) is 5.09. The van der Waals surface area contributed by atoms with Crippen LogP contribution in [0.1, 0.15) is 39.5 Å². The molecule has 1 aliphatic rings. The van der Waals surface area contributed by atoms with Crippen molar-refractivity contribution in [2.24, 2.45) is 0 Å². The molecule has 0 amide bonds. The van der Waals surface area contributed by atoms with Crippen LogP contribution in [0.25, 0.3) is 10.9 Å². The molecule has 1 aromatic heterocycles. The van der Waals surface area contributed by atoms with Crippen LogP contribution in [0.3, 0.4) is 0 Å². The van der Waals surface area contributed by atoms with Gasteiger partial charge in [-0.25, -0.2) is 0 Å². The Morgan fingerprint density at radius 3 is 2.70 bits per heavy atom. The summed E-state index contributed by atoms with van der Waals surface area (Å²) in [5.74, 6) is 0. The summed E-state index contributed by atoms with van der Waals surface area (Å²) in [5.41, 5.74) is 2.53. The second kappa shape index (κ2) is 10.1. The minimum atomic E-state index is -3.84. The lowest BCUT2D eigenvalue weighted by Crippen LogP contribution is -2.25. The second-order valence-electron chi connectivity index (χ2n) is 8.67. The molecule has 178 valence electrons. The minimum absolute atomic E-state index is 0.178. The van der Waals surface area contributed by atoms with Crippen molar-refractivity contribution < 1.29 is 13.2 Å². The lowest BCUT2D eigenvalue weighted by molar-refractivity contribution is 0.121. The zero-order valence-corrected chi connectivity index (χ0v) is 20.6. The fraction of sp³-hybridized carbons (Fsp3) is 0.480. The molecule has 1 saturated heterocycles. The maximum absolute atomic E-state index is 13.6. The quantitative estimate of drug-likeness (QED) is 0.434. The number of aromatic nitrogens is 2. The van der Waals surface area contributed by atoms with E-state index < -0.39 is 10.0 Å². The normalized spacial score (nSPS) is 16.6. The lowest BCUT2D eigenvalue weighted by Gasteiger charge is -2.24. The zero-order valence-electron chi connectivity index (χ0n) is 19.8. The SMILES string of the molecule is CCCCN(CCC)c1ccc2cnn(S(=O)(=O)c3cccc(N4CCC(OC)C4)c3)c2c1. The summed E-state index contributed by atoms with van der Waals surface area (Å²) < 4.78 is 33.9. The van der Waals surface area contributed by atoms with Gasteiger partial charge >= 0.3 is 0 Å². The highest BCUT2D eigenvalue weighted by Crippen LogP contribution is 2.28. The molecule has 3 aromatic rings. The zero-order chi connectivity index (χ0) is 23.4. The average Bonchev–Trinajstić information content (AvgIpc) is 3.49. The standard InChI is InChI=1S/C25H34N4O3S/c1-4-6-14-27(13-5-2)22-11-10-20-18-26-29(25(20)17-22)33(30,31)24-9-7-8-21(16-24)28-15-12-23(19-28)32-3/h7-11,16-18,23H,4-6,12-15,19H2,1-3H3. The van der Waals surface area contributed by atoms with Gasteiger partial charge in [0.25, 0.3) is 10.0 Å². The Bertz CT molecular complexity index is 1190. The van der Waals surface area contributed by atoms with E-state index in [9.17, 15) is 8.42 Å². The van der Waals surface area contributed by atoms with Crippen molar-refractivity contribution in [3.8, 4) is 0 Å². The topological polar surface area (TPSA) is 67.7 Å². The van der Waals surface area contributed by atoms with Crippen LogP contribution in [0, 0.1) is 0 Å². The number of methoxy groups -OCH3 is 1. The molecule has 4 rings (SSSR count). The molecule has 0 bridgehead atoms. The van der Waals surface area contributed by atoms with Crippen LogP contribution in [0.2, 0.25) is 0 Å².